The van der Waals surface area contributed by atoms with E-state index in [1.165, 1.54) is 0 Å². The van der Waals surface area contributed by atoms with Crippen LogP contribution in [0.2, 0.25) is 0 Å². The maximum Gasteiger partial charge on any atom is 0.259 e. The van der Waals surface area contributed by atoms with Gasteiger partial charge in [0, 0.05) is 28.9 Å². The number of unbranched alkanes of at least 4 members (excludes halogenated alkanes) is 1. The number of anilines is 1. The van der Waals surface area contributed by atoms with E-state index in [9.17, 15) is 9.59 Å². The Labute approximate surface area is 185 Å². The number of carbonyl (C=O) groups excluding carboxylic acids is 2. The van der Waals surface area contributed by atoms with Crippen LogP contribution < -0.4 is 15.4 Å². The van der Waals surface area contributed by atoms with Gasteiger partial charge in [-0.1, -0.05) is 29.3 Å². The third kappa shape index (κ3) is 6.31. The second-order valence-electron chi connectivity index (χ2n) is 7.22. The van der Waals surface area contributed by atoms with E-state index < -0.39 is 0 Å². The van der Waals surface area contributed by atoms with E-state index in [1.54, 1.807) is 36.4 Å². The Kier molecular flexibility index (Phi) is 8.28. The molecule has 160 valence electrons. The zero-order chi connectivity index (χ0) is 21.3. The van der Waals surface area contributed by atoms with E-state index in [-0.39, 0.29) is 17.9 Å². The molecule has 3 rings (SSSR count). The summed E-state index contributed by atoms with van der Waals surface area (Å²) in [4.78, 5) is 25.1. The predicted molar refractivity (Wildman–Crippen MR) is 120 cm³/mol. The zero-order valence-electron chi connectivity index (χ0n) is 17.1. The van der Waals surface area contributed by atoms with Crippen LogP contribution in [0.15, 0.2) is 46.9 Å². The van der Waals surface area contributed by atoms with E-state index in [0.29, 0.717) is 35.7 Å². The number of ether oxygens (including phenoxy) is 2. The number of carbonyl (C=O) groups is 2. The summed E-state index contributed by atoms with van der Waals surface area (Å²) < 4.78 is 12.1. The Balaban J connectivity index is 1.60. The van der Waals surface area contributed by atoms with Gasteiger partial charge in [-0.2, -0.15) is 0 Å². The molecule has 1 heterocycles. The molecule has 0 aromatic heterocycles. The lowest BCUT2D eigenvalue weighted by molar-refractivity contribution is 0.0857. The van der Waals surface area contributed by atoms with Crippen molar-refractivity contribution in [2.75, 3.05) is 25.1 Å². The molecule has 0 aliphatic carbocycles. The van der Waals surface area contributed by atoms with Crippen LogP contribution in [0.4, 0.5) is 5.69 Å². The Hall–Kier alpha value is -2.38. The van der Waals surface area contributed by atoms with Gasteiger partial charge in [0.05, 0.1) is 18.3 Å². The smallest absolute Gasteiger partial charge is 0.259 e. The fourth-order valence-corrected chi connectivity index (χ4v) is 3.51. The average molecular weight is 475 g/mol. The summed E-state index contributed by atoms with van der Waals surface area (Å²) in [5, 5.41) is 5.76. The van der Waals surface area contributed by atoms with Crippen molar-refractivity contribution < 1.29 is 19.1 Å². The maximum atomic E-state index is 12.8. The van der Waals surface area contributed by atoms with Crippen LogP contribution >= 0.6 is 15.9 Å². The fraction of sp³-hybridized carbons (Fsp3) is 0.391. The van der Waals surface area contributed by atoms with Crippen molar-refractivity contribution in [3.05, 3.63) is 58.1 Å². The van der Waals surface area contributed by atoms with Gasteiger partial charge in [0.2, 0.25) is 0 Å². The number of amides is 2. The molecule has 2 aromatic carbocycles. The molecule has 6 nitrogen and oxygen atoms in total. The second kappa shape index (κ2) is 11.1. The van der Waals surface area contributed by atoms with Gasteiger partial charge in [0.1, 0.15) is 5.75 Å². The first kappa shape index (κ1) is 22.3. The lowest BCUT2D eigenvalue weighted by Crippen LogP contribution is -2.31. The summed E-state index contributed by atoms with van der Waals surface area (Å²) in [7, 11) is 0. The SMILES string of the molecule is CCCCOc1ccc(Br)cc1C(=O)Nc1ccc(C(=O)NCC2CCCO2)cc1. The fourth-order valence-electron chi connectivity index (χ4n) is 3.15. The quantitative estimate of drug-likeness (QED) is 0.512. The van der Waals surface area contributed by atoms with E-state index >= 15 is 0 Å². The van der Waals surface area contributed by atoms with Crippen molar-refractivity contribution in [3.8, 4) is 5.75 Å². The predicted octanol–water partition coefficient (Wildman–Crippen LogP) is 4.79. The molecule has 0 bridgehead atoms. The molecule has 1 saturated heterocycles. The summed E-state index contributed by atoms with van der Waals surface area (Å²) in [6.07, 6.45) is 4.06. The topological polar surface area (TPSA) is 76.7 Å². The van der Waals surface area contributed by atoms with Crippen molar-refractivity contribution >= 4 is 33.4 Å². The number of halogens is 1. The molecule has 2 N–H and O–H groups in total. The molecule has 7 heteroatoms. The maximum absolute atomic E-state index is 12.8. The van der Waals surface area contributed by atoms with Crippen molar-refractivity contribution in [2.45, 2.75) is 38.7 Å². The zero-order valence-corrected chi connectivity index (χ0v) is 18.7. The number of hydrogen-bond acceptors (Lipinski definition) is 4. The van der Waals surface area contributed by atoms with E-state index in [4.69, 9.17) is 9.47 Å². The molecule has 1 atom stereocenters. The van der Waals surface area contributed by atoms with E-state index in [1.807, 2.05) is 6.07 Å². The Morgan fingerprint density at radius 2 is 1.97 bits per heavy atom. The van der Waals surface area contributed by atoms with Gasteiger partial charge < -0.3 is 20.1 Å². The van der Waals surface area contributed by atoms with Crippen LogP contribution in [0.1, 0.15) is 53.3 Å². The largest absolute Gasteiger partial charge is 0.493 e. The molecular weight excluding hydrogens is 448 g/mol. The van der Waals surface area contributed by atoms with E-state index in [0.717, 1.165) is 36.8 Å². The molecule has 0 radical (unpaired) electrons. The molecule has 2 amide bonds. The van der Waals surface area contributed by atoms with Gasteiger partial charge in [-0.25, -0.2) is 0 Å². The highest BCUT2D eigenvalue weighted by molar-refractivity contribution is 9.10. The number of nitrogens with one attached hydrogen (secondary N) is 2. The first-order chi connectivity index (χ1) is 14.6. The monoisotopic (exact) mass is 474 g/mol. The highest BCUT2D eigenvalue weighted by Crippen LogP contribution is 2.25. The van der Waals surface area contributed by atoms with Crippen LogP contribution in [-0.2, 0) is 4.74 Å². The first-order valence-electron chi connectivity index (χ1n) is 10.3. The standard InChI is InChI=1S/C23H27BrN2O4/c1-2-3-12-30-21-11-8-17(24)14-20(21)23(28)26-18-9-6-16(7-10-18)22(27)25-15-19-5-4-13-29-19/h6-11,14,19H,2-5,12-13,15H2,1H3,(H,25,27)(H,26,28). The summed E-state index contributed by atoms with van der Waals surface area (Å²) >= 11 is 3.41. The van der Waals surface area contributed by atoms with Gasteiger partial charge >= 0.3 is 0 Å². The van der Waals surface area contributed by atoms with Crippen LogP contribution in [0.3, 0.4) is 0 Å². The molecule has 1 unspecified atom stereocenters. The summed E-state index contributed by atoms with van der Waals surface area (Å²) in [6.45, 7) is 3.93. The summed E-state index contributed by atoms with van der Waals surface area (Å²) in [5.41, 5.74) is 1.60. The third-order valence-corrected chi connectivity index (χ3v) is 5.35. The number of hydrogen-bond donors (Lipinski definition) is 2. The number of rotatable bonds is 9. The second-order valence-corrected chi connectivity index (χ2v) is 8.13. The summed E-state index contributed by atoms with van der Waals surface area (Å²) in [6, 6.07) is 12.2. The van der Waals surface area contributed by atoms with E-state index in [2.05, 4.69) is 33.5 Å². The first-order valence-corrected chi connectivity index (χ1v) is 11.1. The summed E-state index contributed by atoms with van der Waals surface area (Å²) in [5.74, 6) is 0.134. The highest BCUT2D eigenvalue weighted by atomic mass is 79.9. The Morgan fingerprint density at radius 3 is 2.67 bits per heavy atom. The lowest BCUT2D eigenvalue weighted by Gasteiger charge is -2.13. The molecular formula is C23H27BrN2O4. The number of benzene rings is 2. The minimum atomic E-state index is -0.265. The molecule has 2 aromatic rings. The average Bonchev–Trinajstić information content (AvgIpc) is 3.27. The van der Waals surface area contributed by atoms with Crippen molar-refractivity contribution in [3.63, 3.8) is 0 Å². The van der Waals surface area contributed by atoms with Crippen molar-refractivity contribution in [1.82, 2.24) is 5.32 Å². The van der Waals surface area contributed by atoms with Crippen LogP contribution in [0, 0.1) is 0 Å². The van der Waals surface area contributed by atoms with Crippen LogP contribution in [0.5, 0.6) is 5.75 Å². The van der Waals surface area contributed by atoms with Gasteiger partial charge in [-0.05, 0) is 61.7 Å². The molecule has 1 fully saturated rings. The van der Waals surface area contributed by atoms with Crippen LogP contribution in [-0.4, -0.2) is 37.7 Å². The van der Waals surface area contributed by atoms with Crippen molar-refractivity contribution in [2.24, 2.45) is 0 Å². The molecule has 0 spiro atoms. The van der Waals surface area contributed by atoms with Crippen molar-refractivity contribution in [1.29, 1.82) is 0 Å². The van der Waals surface area contributed by atoms with Crippen LogP contribution in [0.25, 0.3) is 0 Å². The normalized spacial score (nSPS) is 15.6. The van der Waals surface area contributed by atoms with Gasteiger partial charge in [0.25, 0.3) is 11.8 Å². The molecule has 1 aliphatic heterocycles. The molecule has 30 heavy (non-hydrogen) atoms. The molecule has 1 aliphatic rings. The van der Waals surface area contributed by atoms with Gasteiger partial charge in [0.15, 0.2) is 0 Å². The highest BCUT2D eigenvalue weighted by Gasteiger charge is 2.17. The Bertz CT molecular complexity index is 864. The minimum absolute atomic E-state index is 0.103. The molecule has 0 saturated carbocycles. The lowest BCUT2D eigenvalue weighted by atomic mass is 10.1. The van der Waals surface area contributed by atoms with Gasteiger partial charge in [-0.3, -0.25) is 9.59 Å². The third-order valence-electron chi connectivity index (χ3n) is 4.86. The Morgan fingerprint density at radius 1 is 1.17 bits per heavy atom. The van der Waals surface area contributed by atoms with Gasteiger partial charge in [-0.15, -0.1) is 0 Å². The minimum Gasteiger partial charge on any atom is -0.493 e.